The number of amides is 1. The van der Waals surface area contributed by atoms with E-state index in [2.05, 4.69) is 31.1 Å². The first-order valence-electron chi connectivity index (χ1n) is 7.14. The molecule has 2 aromatic heterocycles. The molecule has 0 aromatic carbocycles. The molecule has 0 aliphatic carbocycles. The van der Waals surface area contributed by atoms with Crippen molar-refractivity contribution in [2.45, 2.75) is 33.4 Å². The Labute approximate surface area is 130 Å². The second-order valence-corrected chi connectivity index (χ2v) is 6.49. The summed E-state index contributed by atoms with van der Waals surface area (Å²) in [4.78, 5) is 16.5. The number of nitrogens with one attached hydrogen (secondary N) is 1. The van der Waals surface area contributed by atoms with Crippen molar-refractivity contribution in [3.8, 4) is 6.07 Å². The van der Waals surface area contributed by atoms with Crippen LogP contribution < -0.4 is 5.32 Å². The highest BCUT2D eigenvalue weighted by molar-refractivity contribution is 5.93. The second-order valence-electron chi connectivity index (χ2n) is 6.49. The Balaban J connectivity index is 2.17. The highest BCUT2D eigenvalue weighted by Crippen LogP contribution is 2.21. The van der Waals surface area contributed by atoms with E-state index in [4.69, 9.17) is 5.26 Å². The molecule has 0 aliphatic heterocycles. The smallest absolute Gasteiger partial charge is 0.268 e. The minimum Gasteiger partial charge on any atom is -0.346 e. The maximum atomic E-state index is 12.5. The summed E-state index contributed by atoms with van der Waals surface area (Å²) in [5.74, 6) is -0.177. The zero-order valence-corrected chi connectivity index (χ0v) is 13.4. The number of hydrogen-bond acceptors (Lipinski definition) is 3. The molecule has 6 heteroatoms. The Hall–Kier alpha value is -2.55. The molecule has 0 fully saturated rings. The van der Waals surface area contributed by atoms with Crippen molar-refractivity contribution in [1.29, 1.82) is 5.26 Å². The fraction of sp³-hybridized carbons (Fsp3) is 0.438. The number of aromatic nitrogens is 3. The van der Waals surface area contributed by atoms with E-state index in [-0.39, 0.29) is 17.4 Å². The van der Waals surface area contributed by atoms with Crippen LogP contribution in [0.25, 0.3) is 0 Å². The standard InChI is InChI=1S/C16H21N5O/c1-16(2,3)14(10-21-6-5-18-11-21)19-15(22)13-7-12(8-17)9-20(13)4/h5-7,9,11,14H,10H2,1-4H3,(H,19,22). The molecule has 0 saturated carbocycles. The lowest BCUT2D eigenvalue weighted by atomic mass is 9.86. The molecule has 0 radical (unpaired) electrons. The first-order chi connectivity index (χ1) is 10.3. The molecule has 1 amide bonds. The van der Waals surface area contributed by atoms with Crippen LogP contribution in [0.3, 0.4) is 0 Å². The average molecular weight is 299 g/mol. The highest BCUT2D eigenvalue weighted by Gasteiger charge is 2.27. The number of nitriles is 1. The topological polar surface area (TPSA) is 75.6 Å². The van der Waals surface area contributed by atoms with Crippen LogP contribution in [-0.4, -0.2) is 26.1 Å². The Morgan fingerprint density at radius 2 is 2.23 bits per heavy atom. The lowest BCUT2D eigenvalue weighted by molar-refractivity contribution is 0.0884. The van der Waals surface area contributed by atoms with Gasteiger partial charge in [0.25, 0.3) is 5.91 Å². The van der Waals surface area contributed by atoms with Crippen LogP contribution >= 0.6 is 0 Å². The molecule has 0 saturated heterocycles. The van der Waals surface area contributed by atoms with Gasteiger partial charge in [0.15, 0.2) is 0 Å². The third kappa shape index (κ3) is 3.55. The van der Waals surface area contributed by atoms with E-state index in [9.17, 15) is 4.79 Å². The van der Waals surface area contributed by atoms with E-state index in [1.807, 2.05) is 16.8 Å². The van der Waals surface area contributed by atoms with Crippen LogP contribution in [0.15, 0.2) is 31.0 Å². The summed E-state index contributed by atoms with van der Waals surface area (Å²) in [5, 5.41) is 12.0. The van der Waals surface area contributed by atoms with Gasteiger partial charge in [-0.15, -0.1) is 0 Å². The van der Waals surface area contributed by atoms with E-state index in [1.54, 1.807) is 36.4 Å². The van der Waals surface area contributed by atoms with E-state index in [1.165, 1.54) is 0 Å². The molecule has 22 heavy (non-hydrogen) atoms. The molecule has 6 nitrogen and oxygen atoms in total. The summed E-state index contributed by atoms with van der Waals surface area (Å²) in [5.41, 5.74) is 0.856. The summed E-state index contributed by atoms with van der Waals surface area (Å²) in [6.07, 6.45) is 6.98. The van der Waals surface area contributed by atoms with Gasteiger partial charge in [-0.2, -0.15) is 5.26 Å². The Kier molecular flexibility index (Phi) is 4.36. The molecule has 0 spiro atoms. The van der Waals surface area contributed by atoms with Crippen molar-refractivity contribution in [1.82, 2.24) is 19.4 Å². The van der Waals surface area contributed by atoms with Gasteiger partial charge in [0.05, 0.1) is 17.9 Å². The van der Waals surface area contributed by atoms with Gasteiger partial charge in [-0.05, 0) is 11.5 Å². The van der Waals surface area contributed by atoms with Crippen molar-refractivity contribution in [3.63, 3.8) is 0 Å². The summed E-state index contributed by atoms with van der Waals surface area (Å²) >= 11 is 0. The van der Waals surface area contributed by atoms with Crippen molar-refractivity contribution in [3.05, 3.63) is 42.2 Å². The van der Waals surface area contributed by atoms with Gasteiger partial charge >= 0.3 is 0 Å². The van der Waals surface area contributed by atoms with Crippen LogP contribution in [0, 0.1) is 16.7 Å². The molecule has 2 aromatic rings. The summed E-state index contributed by atoms with van der Waals surface area (Å²) < 4.78 is 3.62. The molecule has 1 unspecified atom stereocenters. The lowest BCUT2D eigenvalue weighted by Crippen LogP contribution is -2.46. The average Bonchev–Trinajstić information content (AvgIpc) is 3.06. The quantitative estimate of drug-likeness (QED) is 0.937. The molecule has 0 bridgehead atoms. The van der Waals surface area contributed by atoms with Crippen molar-refractivity contribution < 1.29 is 4.79 Å². The number of hydrogen-bond donors (Lipinski definition) is 1. The minimum absolute atomic E-state index is 0.0605. The minimum atomic E-state index is -0.177. The van der Waals surface area contributed by atoms with E-state index in [0.717, 1.165) is 0 Å². The van der Waals surface area contributed by atoms with Crippen LogP contribution in [0.4, 0.5) is 0 Å². The maximum absolute atomic E-state index is 12.5. The third-order valence-electron chi connectivity index (χ3n) is 3.67. The van der Waals surface area contributed by atoms with Gasteiger partial charge < -0.3 is 14.5 Å². The van der Waals surface area contributed by atoms with Crippen molar-refractivity contribution >= 4 is 5.91 Å². The van der Waals surface area contributed by atoms with Crippen molar-refractivity contribution in [2.75, 3.05) is 0 Å². The van der Waals surface area contributed by atoms with E-state index < -0.39 is 0 Å². The zero-order valence-electron chi connectivity index (χ0n) is 13.4. The molecule has 1 N–H and O–H groups in total. The number of carbonyl (C=O) groups is 1. The fourth-order valence-corrected chi connectivity index (χ4v) is 2.23. The Morgan fingerprint density at radius 1 is 1.50 bits per heavy atom. The molecule has 2 heterocycles. The summed E-state index contributed by atoms with van der Waals surface area (Å²) in [7, 11) is 1.76. The first kappa shape index (κ1) is 15.8. The number of aryl methyl sites for hydroxylation is 1. The van der Waals surface area contributed by atoms with Gasteiger partial charge in [-0.1, -0.05) is 20.8 Å². The SMILES string of the molecule is Cn1cc(C#N)cc1C(=O)NC(Cn1ccnc1)C(C)(C)C. The van der Waals surface area contributed by atoms with Gasteiger partial charge in [-0.25, -0.2) is 4.98 Å². The van der Waals surface area contributed by atoms with Gasteiger partial charge in [-0.3, -0.25) is 4.79 Å². The van der Waals surface area contributed by atoms with Crippen LogP contribution in [0.1, 0.15) is 36.8 Å². The number of rotatable bonds is 4. The normalized spacial score (nSPS) is 12.7. The van der Waals surface area contributed by atoms with Crippen LogP contribution in [0.2, 0.25) is 0 Å². The summed E-state index contributed by atoms with van der Waals surface area (Å²) in [6.45, 7) is 6.90. The predicted molar refractivity (Wildman–Crippen MR) is 83.1 cm³/mol. The maximum Gasteiger partial charge on any atom is 0.268 e. The van der Waals surface area contributed by atoms with E-state index in [0.29, 0.717) is 17.8 Å². The van der Waals surface area contributed by atoms with E-state index >= 15 is 0 Å². The second kappa shape index (κ2) is 6.06. The largest absolute Gasteiger partial charge is 0.346 e. The molecular formula is C16H21N5O. The number of carbonyl (C=O) groups excluding carboxylic acids is 1. The van der Waals surface area contributed by atoms with Crippen molar-refractivity contribution in [2.24, 2.45) is 12.5 Å². The summed E-state index contributed by atoms with van der Waals surface area (Å²) in [6, 6.07) is 3.59. The first-order valence-corrected chi connectivity index (χ1v) is 7.14. The van der Waals surface area contributed by atoms with Crippen LogP contribution in [-0.2, 0) is 13.6 Å². The molecule has 0 aliphatic rings. The number of imidazole rings is 1. The Morgan fingerprint density at radius 3 is 2.73 bits per heavy atom. The van der Waals surface area contributed by atoms with Crippen LogP contribution in [0.5, 0.6) is 0 Å². The molecular weight excluding hydrogens is 278 g/mol. The van der Waals surface area contributed by atoms with Gasteiger partial charge in [0.1, 0.15) is 11.8 Å². The van der Waals surface area contributed by atoms with Gasteiger partial charge in [0.2, 0.25) is 0 Å². The lowest BCUT2D eigenvalue weighted by Gasteiger charge is -2.31. The Bertz CT molecular complexity index is 685. The zero-order chi connectivity index (χ0) is 16.3. The highest BCUT2D eigenvalue weighted by atomic mass is 16.2. The van der Waals surface area contributed by atoms with Gasteiger partial charge in [0, 0.05) is 32.2 Å². The molecule has 1 atom stereocenters. The third-order valence-corrected chi connectivity index (χ3v) is 3.67. The predicted octanol–water partition coefficient (Wildman–Crippen LogP) is 1.94. The monoisotopic (exact) mass is 299 g/mol. The number of nitrogens with zero attached hydrogens (tertiary/aromatic N) is 4. The molecule has 2 rings (SSSR count). The fourth-order valence-electron chi connectivity index (χ4n) is 2.23. The molecule has 116 valence electrons.